The van der Waals surface area contributed by atoms with Gasteiger partial charge in [-0.2, -0.15) is 13.2 Å². The number of alkyl halides is 3. The summed E-state index contributed by atoms with van der Waals surface area (Å²) in [4.78, 5) is 16.1. The number of carbonyl (C=O) groups excluding carboxylic acids is 1. The van der Waals surface area contributed by atoms with Gasteiger partial charge in [0, 0.05) is 32.1 Å². The fraction of sp³-hybridized carbons (Fsp3) is 0.786. The Balaban J connectivity index is 1.53. The van der Waals surface area contributed by atoms with Crippen LogP contribution in [0.2, 0.25) is 0 Å². The Bertz CT molecular complexity index is 556. The summed E-state index contributed by atoms with van der Waals surface area (Å²) in [5.41, 5.74) is 0. The van der Waals surface area contributed by atoms with Crippen LogP contribution in [-0.2, 0) is 17.5 Å². The van der Waals surface area contributed by atoms with E-state index >= 15 is 0 Å². The third-order valence-electron chi connectivity index (χ3n) is 4.42. The lowest BCUT2D eigenvalue weighted by atomic mass is 9.84. The molecule has 0 aromatic carbocycles. The minimum Gasteiger partial charge on any atom is -0.416 e. The zero-order valence-corrected chi connectivity index (χ0v) is 12.7. The minimum absolute atomic E-state index is 0.0453. The normalized spacial score (nSPS) is 21.1. The Labute approximate surface area is 131 Å². The van der Waals surface area contributed by atoms with Gasteiger partial charge in [-0.25, -0.2) is 0 Å². The van der Waals surface area contributed by atoms with Crippen molar-refractivity contribution < 1.29 is 22.4 Å². The van der Waals surface area contributed by atoms with Crippen LogP contribution in [0, 0.1) is 5.92 Å². The lowest BCUT2D eigenvalue weighted by Crippen LogP contribution is -2.41. The Hall–Kier alpha value is -1.64. The van der Waals surface area contributed by atoms with Gasteiger partial charge in [0.05, 0.1) is 6.54 Å². The van der Waals surface area contributed by atoms with Crippen LogP contribution in [0.4, 0.5) is 13.2 Å². The summed E-state index contributed by atoms with van der Waals surface area (Å²) in [6.07, 6.45) is -0.758. The topological polar surface area (TPSA) is 62.5 Å². The van der Waals surface area contributed by atoms with E-state index in [2.05, 4.69) is 14.6 Å². The highest BCUT2D eigenvalue weighted by atomic mass is 19.4. The largest absolute Gasteiger partial charge is 0.470 e. The van der Waals surface area contributed by atoms with Crippen LogP contribution in [0.1, 0.15) is 37.5 Å². The van der Waals surface area contributed by atoms with Crippen molar-refractivity contribution in [2.75, 3.05) is 26.2 Å². The summed E-state index contributed by atoms with van der Waals surface area (Å²) in [6, 6.07) is 0. The van der Waals surface area contributed by atoms with Crippen molar-refractivity contribution in [3.63, 3.8) is 0 Å². The first-order valence-electron chi connectivity index (χ1n) is 7.84. The van der Waals surface area contributed by atoms with Crippen LogP contribution in [0.5, 0.6) is 0 Å². The second kappa shape index (κ2) is 6.46. The summed E-state index contributed by atoms with van der Waals surface area (Å²) >= 11 is 0. The van der Waals surface area contributed by atoms with Gasteiger partial charge in [-0.1, -0.05) is 6.42 Å². The maximum absolute atomic E-state index is 12.4. The van der Waals surface area contributed by atoms with Gasteiger partial charge in [0.2, 0.25) is 11.8 Å². The minimum atomic E-state index is -4.62. The summed E-state index contributed by atoms with van der Waals surface area (Å²) in [5, 5.41) is 6.48. The summed E-state index contributed by atoms with van der Waals surface area (Å²) in [6.45, 7) is 2.76. The number of amides is 1. The van der Waals surface area contributed by atoms with Gasteiger partial charge in [-0.05, 0) is 19.3 Å². The van der Waals surface area contributed by atoms with E-state index in [-0.39, 0.29) is 24.3 Å². The molecule has 128 valence electrons. The Kier molecular flexibility index (Phi) is 4.56. The Morgan fingerprint density at radius 2 is 1.91 bits per heavy atom. The number of hydrogen-bond acceptors (Lipinski definition) is 5. The van der Waals surface area contributed by atoms with Crippen molar-refractivity contribution in [3.8, 4) is 0 Å². The quantitative estimate of drug-likeness (QED) is 0.846. The summed E-state index contributed by atoms with van der Waals surface area (Å²) < 4.78 is 42.0. The molecule has 2 fully saturated rings. The van der Waals surface area contributed by atoms with Crippen LogP contribution in [0.25, 0.3) is 0 Å². The SMILES string of the molecule is O=C(C1CCC1)N1CCCN(Cc2nnc(C(F)(F)F)o2)CC1. The van der Waals surface area contributed by atoms with Gasteiger partial charge >= 0.3 is 12.1 Å². The molecule has 1 saturated carbocycles. The van der Waals surface area contributed by atoms with E-state index in [1.165, 1.54) is 0 Å². The second-order valence-corrected chi connectivity index (χ2v) is 6.08. The molecule has 1 aliphatic carbocycles. The van der Waals surface area contributed by atoms with E-state index in [4.69, 9.17) is 0 Å². The molecule has 0 bridgehead atoms. The first-order chi connectivity index (χ1) is 10.9. The molecule has 2 aliphatic rings. The molecule has 0 atom stereocenters. The highest BCUT2D eigenvalue weighted by Gasteiger charge is 2.38. The van der Waals surface area contributed by atoms with Gasteiger partial charge in [-0.15, -0.1) is 10.2 Å². The van der Waals surface area contributed by atoms with Gasteiger partial charge in [0.25, 0.3) is 0 Å². The molecule has 23 heavy (non-hydrogen) atoms. The molecule has 0 N–H and O–H groups in total. The molecule has 0 spiro atoms. The molecule has 1 saturated heterocycles. The Morgan fingerprint density at radius 3 is 2.52 bits per heavy atom. The molecule has 1 amide bonds. The molecule has 1 aliphatic heterocycles. The van der Waals surface area contributed by atoms with E-state index in [9.17, 15) is 18.0 Å². The fourth-order valence-electron chi connectivity index (χ4n) is 2.89. The van der Waals surface area contributed by atoms with Crippen LogP contribution >= 0.6 is 0 Å². The lowest BCUT2D eigenvalue weighted by molar-refractivity contribution is -0.157. The van der Waals surface area contributed by atoms with E-state index in [0.29, 0.717) is 26.2 Å². The average Bonchev–Trinajstić information content (AvgIpc) is 2.76. The maximum atomic E-state index is 12.4. The number of nitrogens with zero attached hydrogens (tertiary/aromatic N) is 4. The molecule has 0 radical (unpaired) electrons. The second-order valence-electron chi connectivity index (χ2n) is 6.08. The standard InChI is InChI=1S/C14H19F3N4O2/c15-14(16,17)13-19-18-11(23-13)9-20-5-2-6-21(8-7-20)12(22)10-3-1-4-10/h10H,1-9H2. The molecule has 6 nitrogen and oxygen atoms in total. The van der Waals surface area contributed by atoms with Crippen molar-refractivity contribution in [1.82, 2.24) is 20.0 Å². The van der Waals surface area contributed by atoms with Gasteiger partial charge < -0.3 is 9.32 Å². The van der Waals surface area contributed by atoms with Gasteiger partial charge in [-0.3, -0.25) is 9.69 Å². The van der Waals surface area contributed by atoms with Crippen molar-refractivity contribution in [1.29, 1.82) is 0 Å². The molecule has 0 unspecified atom stereocenters. The fourth-order valence-corrected chi connectivity index (χ4v) is 2.89. The zero-order valence-electron chi connectivity index (χ0n) is 12.7. The predicted molar refractivity (Wildman–Crippen MR) is 73.1 cm³/mol. The van der Waals surface area contributed by atoms with Crippen molar-refractivity contribution in [3.05, 3.63) is 11.8 Å². The van der Waals surface area contributed by atoms with Crippen molar-refractivity contribution >= 4 is 5.91 Å². The van der Waals surface area contributed by atoms with E-state index in [1.54, 1.807) is 0 Å². The smallest absolute Gasteiger partial charge is 0.416 e. The monoisotopic (exact) mass is 332 g/mol. The predicted octanol–water partition coefficient (Wildman–Crippen LogP) is 1.92. The van der Waals surface area contributed by atoms with Crippen LogP contribution < -0.4 is 0 Å². The van der Waals surface area contributed by atoms with Crippen LogP contribution in [0.15, 0.2) is 4.42 Å². The van der Waals surface area contributed by atoms with Crippen LogP contribution in [-0.4, -0.2) is 52.1 Å². The van der Waals surface area contributed by atoms with Crippen molar-refractivity contribution in [2.24, 2.45) is 5.92 Å². The summed E-state index contributed by atoms with van der Waals surface area (Å²) in [7, 11) is 0. The molecule has 9 heteroatoms. The number of aromatic nitrogens is 2. The third kappa shape index (κ3) is 3.82. The van der Waals surface area contributed by atoms with Crippen LogP contribution in [0.3, 0.4) is 0 Å². The first kappa shape index (κ1) is 16.2. The van der Waals surface area contributed by atoms with Crippen molar-refractivity contribution in [2.45, 2.75) is 38.4 Å². The molecule has 3 rings (SSSR count). The number of hydrogen-bond donors (Lipinski definition) is 0. The lowest BCUT2D eigenvalue weighted by Gasteiger charge is -2.31. The zero-order chi connectivity index (χ0) is 16.4. The average molecular weight is 332 g/mol. The van der Waals surface area contributed by atoms with E-state index in [0.717, 1.165) is 25.7 Å². The van der Waals surface area contributed by atoms with E-state index in [1.807, 2.05) is 9.80 Å². The summed E-state index contributed by atoms with van der Waals surface area (Å²) in [5.74, 6) is -0.970. The van der Waals surface area contributed by atoms with Gasteiger partial charge in [0.1, 0.15) is 0 Å². The molecular formula is C14H19F3N4O2. The molecular weight excluding hydrogens is 313 g/mol. The Morgan fingerprint density at radius 1 is 1.13 bits per heavy atom. The molecule has 1 aromatic rings. The maximum Gasteiger partial charge on any atom is 0.470 e. The number of carbonyl (C=O) groups is 1. The number of halogens is 3. The molecule has 1 aromatic heterocycles. The van der Waals surface area contributed by atoms with Gasteiger partial charge in [0.15, 0.2) is 0 Å². The van der Waals surface area contributed by atoms with E-state index < -0.39 is 12.1 Å². The third-order valence-corrected chi connectivity index (χ3v) is 4.42. The number of rotatable bonds is 3. The first-order valence-corrected chi connectivity index (χ1v) is 7.84. The highest BCUT2D eigenvalue weighted by Crippen LogP contribution is 2.29. The highest BCUT2D eigenvalue weighted by molar-refractivity contribution is 5.79. The molecule has 2 heterocycles.